The van der Waals surface area contributed by atoms with Gasteiger partial charge in [-0.25, -0.2) is 4.98 Å². The largest absolute Gasteiger partial charge is 0.373 e. The summed E-state index contributed by atoms with van der Waals surface area (Å²) in [5.74, 6) is 0.990. The zero-order chi connectivity index (χ0) is 13.4. The maximum atomic E-state index is 4.68. The lowest BCUT2D eigenvalue weighted by atomic mass is 10.1. The molecule has 0 atom stereocenters. The van der Waals surface area contributed by atoms with Crippen LogP contribution in [0.2, 0.25) is 0 Å². The molecule has 0 radical (unpaired) electrons. The Morgan fingerprint density at radius 2 is 1.84 bits per heavy atom. The number of hydrogen-bond acceptors (Lipinski definition) is 3. The van der Waals surface area contributed by atoms with Crippen LogP contribution in [0.1, 0.15) is 11.3 Å². The molecule has 2 heterocycles. The summed E-state index contributed by atoms with van der Waals surface area (Å²) in [7, 11) is 1.91. The topological polar surface area (TPSA) is 42.2 Å². The monoisotopic (exact) mass is 252 g/mol. The van der Waals surface area contributed by atoms with Gasteiger partial charge in [-0.3, -0.25) is 0 Å². The Kier molecular flexibility index (Phi) is 2.71. The van der Waals surface area contributed by atoms with Crippen molar-refractivity contribution in [3.63, 3.8) is 0 Å². The highest BCUT2D eigenvalue weighted by atomic mass is 15.3. The van der Waals surface area contributed by atoms with Crippen molar-refractivity contribution < 1.29 is 0 Å². The van der Waals surface area contributed by atoms with E-state index in [1.54, 1.807) is 0 Å². The molecule has 0 aliphatic rings. The third-order valence-electron chi connectivity index (χ3n) is 3.45. The van der Waals surface area contributed by atoms with Gasteiger partial charge < -0.3 is 5.32 Å². The Balaban J connectivity index is 2.33. The summed E-state index contributed by atoms with van der Waals surface area (Å²) in [6.07, 6.45) is 1.87. The maximum absolute atomic E-state index is 4.68. The Morgan fingerprint density at radius 3 is 2.53 bits per heavy atom. The Bertz CT molecular complexity index is 729. The minimum absolute atomic E-state index is 0.888. The number of aromatic nitrogens is 3. The van der Waals surface area contributed by atoms with Gasteiger partial charge in [-0.05, 0) is 19.4 Å². The lowest BCUT2D eigenvalue weighted by Gasteiger charge is -2.10. The molecule has 0 saturated heterocycles. The number of anilines is 1. The van der Waals surface area contributed by atoms with Gasteiger partial charge in [0, 0.05) is 23.9 Å². The second-order valence-corrected chi connectivity index (χ2v) is 4.58. The summed E-state index contributed by atoms with van der Waals surface area (Å²) in [6.45, 7) is 4.08. The summed E-state index contributed by atoms with van der Waals surface area (Å²) in [5, 5.41) is 7.66. The number of rotatable bonds is 2. The van der Waals surface area contributed by atoms with E-state index >= 15 is 0 Å². The molecule has 0 bridgehead atoms. The van der Waals surface area contributed by atoms with Crippen molar-refractivity contribution in [2.75, 3.05) is 12.4 Å². The normalized spacial score (nSPS) is 10.9. The third kappa shape index (κ3) is 1.76. The summed E-state index contributed by atoms with van der Waals surface area (Å²) in [5.41, 5.74) is 5.22. The quantitative estimate of drug-likeness (QED) is 0.762. The van der Waals surface area contributed by atoms with E-state index in [4.69, 9.17) is 0 Å². The lowest BCUT2D eigenvalue weighted by molar-refractivity contribution is 0.920. The minimum atomic E-state index is 0.888. The zero-order valence-electron chi connectivity index (χ0n) is 11.3. The molecule has 2 aromatic heterocycles. The van der Waals surface area contributed by atoms with Gasteiger partial charge in [-0.1, -0.05) is 30.3 Å². The van der Waals surface area contributed by atoms with Crippen LogP contribution < -0.4 is 5.32 Å². The second kappa shape index (κ2) is 4.39. The molecular weight excluding hydrogens is 236 g/mol. The molecule has 0 aliphatic carbocycles. The average molecular weight is 252 g/mol. The van der Waals surface area contributed by atoms with E-state index in [1.807, 2.05) is 42.9 Å². The van der Waals surface area contributed by atoms with E-state index in [0.29, 0.717) is 0 Å². The molecule has 3 rings (SSSR count). The first kappa shape index (κ1) is 11.7. The first-order valence-electron chi connectivity index (χ1n) is 6.30. The molecule has 3 aromatic rings. The van der Waals surface area contributed by atoms with E-state index in [9.17, 15) is 0 Å². The van der Waals surface area contributed by atoms with Gasteiger partial charge in [0.15, 0.2) is 5.65 Å². The zero-order valence-corrected chi connectivity index (χ0v) is 11.3. The van der Waals surface area contributed by atoms with Crippen LogP contribution in [0.4, 0.5) is 5.82 Å². The van der Waals surface area contributed by atoms with E-state index in [-0.39, 0.29) is 0 Å². The SMILES string of the molecule is CNc1c(C)c(C)nc2c(-c3ccccc3)cnn12. The Labute approximate surface area is 112 Å². The number of aryl methyl sites for hydroxylation is 1. The van der Waals surface area contributed by atoms with E-state index in [1.165, 1.54) is 0 Å². The second-order valence-electron chi connectivity index (χ2n) is 4.58. The number of fused-ring (bicyclic) bond motifs is 1. The molecule has 0 fully saturated rings. The van der Waals surface area contributed by atoms with Crippen molar-refractivity contribution in [3.05, 3.63) is 47.8 Å². The molecule has 0 amide bonds. The van der Waals surface area contributed by atoms with Crippen molar-refractivity contribution in [1.29, 1.82) is 0 Å². The molecule has 4 heteroatoms. The highest BCUT2D eigenvalue weighted by Gasteiger charge is 2.13. The first-order chi connectivity index (χ1) is 9.22. The van der Waals surface area contributed by atoms with E-state index < -0.39 is 0 Å². The van der Waals surface area contributed by atoms with Crippen LogP contribution in [-0.2, 0) is 0 Å². The standard InChI is InChI=1S/C15H16N4/c1-10-11(2)18-15-13(12-7-5-4-6-8-12)9-17-19(15)14(10)16-3/h4-9,16H,1-3H3. The molecule has 0 saturated carbocycles. The van der Waals surface area contributed by atoms with Crippen LogP contribution in [0.5, 0.6) is 0 Å². The fourth-order valence-electron chi connectivity index (χ4n) is 2.30. The molecule has 1 N–H and O–H groups in total. The van der Waals surface area contributed by atoms with Gasteiger partial charge in [0.2, 0.25) is 0 Å². The molecular formula is C15H16N4. The fourth-order valence-corrected chi connectivity index (χ4v) is 2.30. The van der Waals surface area contributed by atoms with Gasteiger partial charge in [0.1, 0.15) is 5.82 Å². The highest BCUT2D eigenvalue weighted by Crippen LogP contribution is 2.27. The highest BCUT2D eigenvalue weighted by molar-refractivity contribution is 5.78. The molecule has 96 valence electrons. The van der Waals surface area contributed by atoms with E-state index in [0.717, 1.165) is 33.8 Å². The Morgan fingerprint density at radius 1 is 1.11 bits per heavy atom. The summed E-state index contributed by atoms with van der Waals surface area (Å²) in [4.78, 5) is 4.68. The Hall–Kier alpha value is -2.36. The maximum Gasteiger partial charge on any atom is 0.165 e. The summed E-state index contributed by atoms with van der Waals surface area (Å²) < 4.78 is 1.87. The van der Waals surface area contributed by atoms with Crippen LogP contribution in [0.3, 0.4) is 0 Å². The fraction of sp³-hybridized carbons (Fsp3) is 0.200. The number of hydrogen-bond donors (Lipinski definition) is 1. The van der Waals surface area contributed by atoms with Gasteiger partial charge in [0.05, 0.1) is 6.20 Å². The van der Waals surface area contributed by atoms with Gasteiger partial charge in [0.25, 0.3) is 0 Å². The van der Waals surface area contributed by atoms with Crippen LogP contribution in [0, 0.1) is 13.8 Å². The predicted octanol–water partition coefficient (Wildman–Crippen LogP) is 3.05. The minimum Gasteiger partial charge on any atom is -0.373 e. The van der Waals surface area contributed by atoms with E-state index in [2.05, 4.69) is 34.5 Å². The van der Waals surface area contributed by atoms with Crippen molar-refractivity contribution in [1.82, 2.24) is 14.6 Å². The molecule has 19 heavy (non-hydrogen) atoms. The van der Waals surface area contributed by atoms with Gasteiger partial charge in [-0.15, -0.1) is 0 Å². The van der Waals surface area contributed by atoms with Gasteiger partial charge in [-0.2, -0.15) is 9.61 Å². The van der Waals surface area contributed by atoms with Crippen molar-refractivity contribution in [2.45, 2.75) is 13.8 Å². The lowest BCUT2D eigenvalue weighted by Crippen LogP contribution is -2.05. The van der Waals surface area contributed by atoms with Crippen LogP contribution >= 0.6 is 0 Å². The van der Waals surface area contributed by atoms with Crippen LogP contribution in [0.25, 0.3) is 16.8 Å². The first-order valence-corrected chi connectivity index (χ1v) is 6.30. The molecule has 0 spiro atoms. The van der Waals surface area contributed by atoms with Crippen molar-refractivity contribution >= 4 is 11.5 Å². The smallest absolute Gasteiger partial charge is 0.165 e. The third-order valence-corrected chi connectivity index (χ3v) is 3.45. The molecule has 0 unspecified atom stereocenters. The predicted molar refractivity (Wildman–Crippen MR) is 77.4 cm³/mol. The molecule has 0 aliphatic heterocycles. The molecule has 1 aromatic carbocycles. The summed E-state index contributed by atoms with van der Waals surface area (Å²) in [6, 6.07) is 10.2. The molecule has 4 nitrogen and oxygen atoms in total. The average Bonchev–Trinajstić information content (AvgIpc) is 2.84. The number of nitrogens with one attached hydrogen (secondary N) is 1. The van der Waals surface area contributed by atoms with Gasteiger partial charge >= 0.3 is 0 Å². The van der Waals surface area contributed by atoms with Crippen LogP contribution in [0.15, 0.2) is 36.5 Å². The van der Waals surface area contributed by atoms with Crippen LogP contribution in [-0.4, -0.2) is 21.6 Å². The van der Waals surface area contributed by atoms with Crippen molar-refractivity contribution in [2.24, 2.45) is 0 Å². The summed E-state index contributed by atoms with van der Waals surface area (Å²) >= 11 is 0. The number of benzene rings is 1. The van der Waals surface area contributed by atoms with Crippen molar-refractivity contribution in [3.8, 4) is 11.1 Å². The number of nitrogens with zero attached hydrogens (tertiary/aromatic N) is 3.